The van der Waals surface area contributed by atoms with Crippen molar-refractivity contribution in [3.05, 3.63) is 41.6 Å². The molecule has 1 fully saturated rings. The molecule has 0 unspecified atom stereocenters. The molecule has 6 nitrogen and oxygen atoms in total. The minimum atomic E-state index is -1.02. The normalized spacial score (nSPS) is 14.9. The van der Waals surface area contributed by atoms with E-state index in [-0.39, 0.29) is 5.56 Å². The Morgan fingerprint density at radius 2 is 2.00 bits per heavy atom. The number of aromatic carboxylic acids is 1. The van der Waals surface area contributed by atoms with Crippen molar-refractivity contribution in [2.24, 2.45) is 0 Å². The summed E-state index contributed by atoms with van der Waals surface area (Å²) in [6.07, 6.45) is 1.39. The number of carboxylic acid groups (broad SMARTS) is 1. The van der Waals surface area contributed by atoms with Gasteiger partial charge in [0.15, 0.2) is 5.82 Å². The zero-order chi connectivity index (χ0) is 15.5. The van der Waals surface area contributed by atoms with Crippen molar-refractivity contribution >= 4 is 11.8 Å². The predicted octanol–water partition coefficient (Wildman–Crippen LogP) is 1.99. The second kappa shape index (κ2) is 6.11. The maximum absolute atomic E-state index is 11.4. The van der Waals surface area contributed by atoms with Crippen molar-refractivity contribution in [2.45, 2.75) is 6.92 Å². The third-order valence-corrected chi connectivity index (χ3v) is 3.70. The minimum absolute atomic E-state index is 0.124. The summed E-state index contributed by atoms with van der Waals surface area (Å²) in [5.74, 6) is -0.00790. The highest BCUT2D eigenvalue weighted by molar-refractivity contribution is 5.93. The van der Waals surface area contributed by atoms with Crippen LogP contribution in [-0.4, -0.2) is 47.3 Å². The summed E-state index contributed by atoms with van der Waals surface area (Å²) in [6, 6.07) is 7.80. The summed E-state index contributed by atoms with van der Waals surface area (Å²) in [4.78, 5) is 22.1. The maximum Gasteiger partial charge on any atom is 0.341 e. The number of hydrogen-bond donors (Lipinski definition) is 1. The van der Waals surface area contributed by atoms with Crippen LogP contribution >= 0.6 is 0 Å². The van der Waals surface area contributed by atoms with Crippen molar-refractivity contribution in [1.29, 1.82) is 0 Å². The number of hydrogen-bond acceptors (Lipinski definition) is 5. The number of aryl methyl sites for hydroxylation is 1. The number of rotatable bonds is 3. The van der Waals surface area contributed by atoms with E-state index in [0.29, 0.717) is 37.9 Å². The molecule has 22 heavy (non-hydrogen) atoms. The average molecular weight is 299 g/mol. The average Bonchev–Trinajstić information content (AvgIpc) is 2.55. The van der Waals surface area contributed by atoms with Gasteiger partial charge in [0.2, 0.25) is 0 Å². The lowest BCUT2D eigenvalue weighted by atomic mass is 10.1. The Morgan fingerprint density at radius 3 is 2.68 bits per heavy atom. The third kappa shape index (κ3) is 2.78. The van der Waals surface area contributed by atoms with E-state index in [1.807, 2.05) is 36.1 Å². The van der Waals surface area contributed by atoms with E-state index in [0.717, 1.165) is 11.1 Å². The lowest BCUT2D eigenvalue weighted by Gasteiger charge is -2.28. The van der Waals surface area contributed by atoms with Gasteiger partial charge in [-0.25, -0.2) is 14.8 Å². The number of nitrogens with zero attached hydrogens (tertiary/aromatic N) is 3. The van der Waals surface area contributed by atoms with Crippen LogP contribution in [0.2, 0.25) is 0 Å². The Morgan fingerprint density at radius 1 is 1.27 bits per heavy atom. The molecule has 1 saturated heterocycles. The first-order valence-electron chi connectivity index (χ1n) is 7.16. The lowest BCUT2D eigenvalue weighted by molar-refractivity contribution is 0.0695. The Hall–Kier alpha value is -2.47. The van der Waals surface area contributed by atoms with Gasteiger partial charge in [0.1, 0.15) is 11.4 Å². The predicted molar refractivity (Wildman–Crippen MR) is 82.2 cm³/mol. The van der Waals surface area contributed by atoms with E-state index < -0.39 is 5.97 Å². The lowest BCUT2D eigenvalue weighted by Crippen LogP contribution is -2.38. The SMILES string of the molecule is Cc1ccccc1-c1ncc(C(=O)O)c(N2CCOCC2)n1. The highest BCUT2D eigenvalue weighted by Crippen LogP contribution is 2.25. The number of morpholine rings is 1. The fourth-order valence-electron chi connectivity index (χ4n) is 2.49. The number of ether oxygens (including phenoxy) is 1. The van der Waals surface area contributed by atoms with E-state index in [2.05, 4.69) is 9.97 Å². The van der Waals surface area contributed by atoms with Gasteiger partial charge in [-0.3, -0.25) is 0 Å². The molecule has 0 spiro atoms. The van der Waals surface area contributed by atoms with Crippen molar-refractivity contribution in [2.75, 3.05) is 31.2 Å². The van der Waals surface area contributed by atoms with Gasteiger partial charge in [0.25, 0.3) is 0 Å². The van der Waals surface area contributed by atoms with Gasteiger partial charge >= 0.3 is 5.97 Å². The summed E-state index contributed by atoms with van der Waals surface area (Å²) in [7, 11) is 0. The van der Waals surface area contributed by atoms with Crippen LogP contribution in [0.1, 0.15) is 15.9 Å². The van der Waals surface area contributed by atoms with E-state index in [1.54, 1.807) is 0 Å². The minimum Gasteiger partial charge on any atom is -0.477 e. The Balaban J connectivity index is 2.07. The Bertz CT molecular complexity index is 697. The molecule has 114 valence electrons. The van der Waals surface area contributed by atoms with Crippen molar-refractivity contribution < 1.29 is 14.6 Å². The largest absolute Gasteiger partial charge is 0.477 e. The second-order valence-corrected chi connectivity index (χ2v) is 5.15. The topological polar surface area (TPSA) is 75.5 Å². The van der Waals surface area contributed by atoms with Gasteiger partial charge in [0, 0.05) is 24.8 Å². The highest BCUT2D eigenvalue weighted by Gasteiger charge is 2.21. The first-order valence-corrected chi connectivity index (χ1v) is 7.16. The van der Waals surface area contributed by atoms with Crippen LogP contribution in [-0.2, 0) is 4.74 Å². The van der Waals surface area contributed by atoms with E-state index in [9.17, 15) is 9.90 Å². The van der Waals surface area contributed by atoms with Crippen LogP contribution in [0.25, 0.3) is 11.4 Å². The van der Waals surface area contributed by atoms with Gasteiger partial charge in [-0.2, -0.15) is 0 Å². The van der Waals surface area contributed by atoms with Gasteiger partial charge in [-0.15, -0.1) is 0 Å². The zero-order valence-corrected chi connectivity index (χ0v) is 12.3. The Labute approximate surface area is 128 Å². The molecular formula is C16H17N3O3. The number of carbonyl (C=O) groups is 1. The summed E-state index contributed by atoms with van der Waals surface area (Å²) in [6.45, 7) is 4.39. The van der Waals surface area contributed by atoms with Gasteiger partial charge in [-0.05, 0) is 12.5 Å². The van der Waals surface area contributed by atoms with Crippen molar-refractivity contribution in [3.63, 3.8) is 0 Å². The van der Waals surface area contributed by atoms with Crippen LogP contribution in [0, 0.1) is 6.92 Å². The zero-order valence-electron chi connectivity index (χ0n) is 12.3. The molecule has 2 heterocycles. The first kappa shape index (κ1) is 14.5. The molecule has 1 N–H and O–H groups in total. The van der Waals surface area contributed by atoms with Crippen LogP contribution in [0.4, 0.5) is 5.82 Å². The molecule has 3 rings (SSSR count). The summed E-state index contributed by atoms with van der Waals surface area (Å²) >= 11 is 0. The molecule has 0 saturated carbocycles. The number of benzene rings is 1. The molecule has 1 aliphatic rings. The van der Waals surface area contributed by atoms with Crippen molar-refractivity contribution in [1.82, 2.24) is 9.97 Å². The molecule has 1 aromatic carbocycles. The number of anilines is 1. The maximum atomic E-state index is 11.4. The fraction of sp³-hybridized carbons (Fsp3) is 0.312. The van der Waals surface area contributed by atoms with E-state index >= 15 is 0 Å². The molecule has 2 aromatic rings. The summed E-state index contributed by atoms with van der Waals surface area (Å²) in [5, 5.41) is 9.37. The Kier molecular flexibility index (Phi) is 4.02. The molecule has 0 amide bonds. The molecule has 6 heteroatoms. The smallest absolute Gasteiger partial charge is 0.341 e. The van der Waals surface area contributed by atoms with Crippen molar-refractivity contribution in [3.8, 4) is 11.4 Å². The van der Waals surface area contributed by atoms with Crippen LogP contribution in [0.5, 0.6) is 0 Å². The van der Waals surface area contributed by atoms with Crippen LogP contribution in [0.3, 0.4) is 0 Å². The van der Waals surface area contributed by atoms with Crippen LogP contribution < -0.4 is 4.90 Å². The summed E-state index contributed by atoms with van der Waals surface area (Å²) in [5.41, 5.74) is 2.09. The molecule has 0 radical (unpaired) electrons. The fourth-order valence-corrected chi connectivity index (χ4v) is 2.49. The standard InChI is InChI=1S/C16H17N3O3/c1-11-4-2-3-5-12(11)14-17-10-13(16(20)21)15(18-14)19-6-8-22-9-7-19/h2-5,10H,6-9H2,1H3,(H,20,21). The third-order valence-electron chi connectivity index (χ3n) is 3.70. The monoisotopic (exact) mass is 299 g/mol. The summed E-state index contributed by atoms with van der Waals surface area (Å²) < 4.78 is 5.32. The van der Waals surface area contributed by atoms with Gasteiger partial charge < -0.3 is 14.7 Å². The van der Waals surface area contributed by atoms with Gasteiger partial charge in [0.05, 0.1) is 13.2 Å². The molecule has 0 aliphatic carbocycles. The van der Waals surface area contributed by atoms with Gasteiger partial charge in [-0.1, -0.05) is 24.3 Å². The quantitative estimate of drug-likeness (QED) is 0.934. The number of aromatic nitrogens is 2. The second-order valence-electron chi connectivity index (χ2n) is 5.15. The molecule has 0 bridgehead atoms. The molecule has 0 atom stereocenters. The number of carboxylic acids is 1. The van der Waals surface area contributed by atoms with E-state index in [4.69, 9.17) is 4.74 Å². The first-order chi connectivity index (χ1) is 10.7. The van der Waals surface area contributed by atoms with E-state index in [1.165, 1.54) is 6.20 Å². The molecule has 1 aromatic heterocycles. The highest BCUT2D eigenvalue weighted by atomic mass is 16.5. The molecule has 1 aliphatic heterocycles. The molecular weight excluding hydrogens is 282 g/mol. The van der Waals surface area contributed by atoms with Crippen LogP contribution in [0.15, 0.2) is 30.5 Å².